The summed E-state index contributed by atoms with van der Waals surface area (Å²) in [6.45, 7) is 9.92. The number of carbonyl (C=O) groups excluding carboxylic acids is 1. The third-order valence-electron chi connectivity index (χ3n) is 6.73. The summed E-state index contributed by atoms with van der Waals surface area (Å²) in [6.07, 6.45) is 1.88. The third-order valence-corrected chi connectivity index (χ3v) is 6.73. The topological polar surface area (TPSA) is 93.4 Å². The minimum absolute atomic E-state index is 0.0412. The van der Waals surface area contributed by atoms with Crippen molar-refractivity contribution < 1.29 is 9.53 Å². The van der Waals surface area contributed by atoms with E-state index in [1.807, 2.05) is 24.0 Å². The quantitative estimate of drug-likeness (QED) is 0.519. The number of aromatic nitrogens is 2. The van der Waals surface area contributed by atoms with Gasteiger partial charge in [0.05, 0.1) is 11.6 Å². The molecule has 1 atom stereocenters. The molecule has 2 aromatic carbocycles. The molecule has 0 spiro atoms. The van der Waals surface area contributed by atoms with Gasteiger partial charge in [0.25, 0.3) is 0 Å². The lowest BCUT2D eigenvalue weighted by Crippen LogP contribution is -2.39. The number of nitrogens with two attached hydrogens (primary N) is 1. The van der Waals surface area contributed by atoms with Crippen LogP contribution in [0, 0.1) is 20.8 Å². The number of anilines is 2. The van der Waals surface area contributed by atoms with Crippen LogP contribution >= 0.6 is 0 Å². The summed E-state index contributed by atoms with van der Waals surface area (Å²) in [4.78, 5) is 23.6. The number of benzene rings is 2. The van der Waals surface area contributed by atoms with Crippen molar-refractivity contribution in [2.24, 2.45) is 0 Å². The van der Waals surface area contributed by atoms with Gasteiger partial charge in [-0.1, -0.05) is 6.07 Å². The van der Waals surface area contributed by atoms with E-state index in [0.717, 1.165) is 65.3 Å². The van der Waals surface area contributed by atoms with Gasteiger partial charge < -0.3 is 20.7 Å². The number of aryl methyl sites for hydroxylation is 3. The highest BCUT2D eigenvalue weighted by Crippen LogP contribution is 2.35. The summed E-state index contributed by atoms with van der Waals surface area (Å²) >= 11 is 0. The largest absolute Gasteiger partial charge is 0.399 e. The third kappa shape index (κ3) is 5.14. The van der Waals surface area contributed by atoms with Gasteiger partial charge in [0.15, 0.2) is 0 Å². The Morgan fingerprint density at radius 3 is 2.56 bits per heavy atom. The number of piperidine rings is 1. The summed E-state index contributed by atoms with van der Waals surface area (Å²) in [5.41, 5.74) is 12.6. The highest BCUT2D eigenvalue weighted by atomic mass is 16.5. The van der Waals surface area contributed by atoms with Crippen molar-refractivity contribution in [3.8, 4) is 0 Å². The van der Waals surface area contributed by atoms with Gasteiger partial charge in [0.1, 0.15) is 18.2 Å². The van der Waals surface area contributed by atoms with Gasteiger partial charge in [0, 0.05) is 31.3 Å². The summed E-state index contributed by atoms with van der Waals surface area (Å²) in [5.74, 6) is 2.04. The summed E-state index contributed by atoms with van der Waals surface area (Å²) in [6, 6.07) is 10.6. The Kier molecular flexibility index (Phi) is 7.03. The monoisotopic (exact) mass is 461 g/mol. The normalized spacial score (nSPS) is 15.5. The Labute approximate surface area is 201 Å². The Hall–Kier alpha value is -3.19. The SMILES string of the molecule is COCC(=O)N1CCC(c2cc3c(N[C@H](C)c4cc(C)cc(N)c4)nc(C)nc3cc2C)CC1. The molecule has 3 N–H and O–H groups in total. The first-order valence-electron chi connectivity index (χ1n) is 11.9. The molecule has 4 rings (SSSR count). The molecule has 0 saturated carbocycles. The minimum Gasteiger partial charge on any atom is -0.399 e. The maximum Gasteiger partial charge on any atom is 0.248 e. The smallest absolute Gasteiger partial charge is 0.248 e. The number of rotatable bonds is 6. The number of hydrogen-bond acceptors (Lipinski definition) is 6. The number of nitrogens with zero attached hydrogens (tertiary/aromatic N) is 3. The van der Waals surface area contributed by atoms with Gasteiger partial charge in [-0.05, 0) is 93.0 Å². The van der Waals surface area contributed by atoms with Crippen LogP contribution in [0.2, 0.25) is 0 Å². The van der Waals surface area contributed by atoms with Crippen molar-refractivity contribution in [2.45, 2.75) is 52.5 Å². The molecule has 1 amide bonds. The second kappa shape index (κ2) is 9.97. The van der Waals surface area contributed by atoms with Gasteiger partial charge in [0.2, 0.25) is 5.91 Å². The Bertz CT molecular complexity index is 1180. The first-order chi connectivity index (χ1) is 16.2. The Balaban J connectivity index is 1.63. The average Bonchev–Trinajstić information content (AvgIpc) is 2.78. The number of amides is 1. The van der Waals surface area contributed by atoms with E-state index in [9.17, 15) is 4.79 Å². The molecule has 1 saturated heterocycles. The second-order valence-corrected chi connectivity index (χ2v) is 9.48. The van der Waals surface area contributed by atoms with Gasteiger partial charge in [-0.25, -0.2) is 9.97 Å². The zero-order chi connectivity index (χ0) is 24.4. The molecule has 2 heterocycles. The molecule has 1 fully saturated rings. The van der Waals surface area contributed by atoms with Crippen LogP contribution in [0.1, 0.15) is 59.8 Å². The number of ether oxygens (including phenoxy) is 1. The van der Waals surface area contributed by atoms with Crippen molar-refractivity contribution in [3.05, 3.63) is 58.4 Å². The summed E-state index contributed by atoms with van der Waals surface area (Å²) < 4.78 is 5.02. The molecule has 1 aromatic heterocycles. The fourth-order valence-electron chi connectivity index (χ4n) is 5.00. The van der Waals surface area contributed by atoms with Crippen molar-refractivity contribution in [1.29, 1.82) is 0 Å². The molecule has 3 aromatic rings. The van der Waals surface area contributed by atoms with E-state index in [2.05, 4.69) is 44.3 Å². The maximum absolute atomic E-state index is 12.2. The summed E-state index contributed by atoms with van der Waals surface area (Å²) in [7, 11) is 1.56. The van der Waals surface area contributed by atoms with E-state index in [4.69, 9.17) is 20.4 Å². The maximum atomic E-state index is 12.2. The lowest BCUT2D eigenvalue weighted by Gasteiger charge is -2.33. The lowest BCUT2D eigenvalue weighted by atomic mass is 9.86. The van der Waals surface area contributed by atoms with E-state index in [1.165, 1.54) is 11.1 Å². The van der Waals surface area contributed by atoms with E-state index in [1.54, 1.807) is 7.11 Å². The fraction of sp³-hybridized carbons (Fsp3) is 0.444. The minimum atomic E-state index is 0.0412. The molecule has 7 nitrogen and oxygen atoms in total. The van der Waals surface area contributed by atoms with Crippen LogP contribution in [0.3, 0.4) is 0 Å². The fourth-order valence-corrected chi connectivity index (χ4v) is 5.00. The Morgan fingerprint density at radius 2 is 1.88 bits per heavy atom. The molecule has 0 aliphatic carbocycles. The molecule has 1 aliphatic rings. The number of fused-ring (bicyclic) bond motifs is 1. The molecule has 0 bridgehead atoms. The van der Waals surface area contributed by atoms with E-state index in [-0.39, 0.29) is 18.6 Å². The molecule has 180 valence electrons. The van der Waals surface area contributed by atoms with E-state index >= 15 is 0 Å². The van der Waals surface area contributed by atoms with Crippen molar-refractivity contribution >= 4 is 28.3 Å². The van der Waals surface area contributed by atoms with Crippen LogP contribution < -0.4 is 11.1 Å². The second-order valence-electron chi connectivity index (χ2n) is 9.48. The van der Waals surface area contributed by atoms with Gasteiger partial charge in [-0.2, -0.15) is 0 Å². The molecule has 7 heteroatoms. The van der Waals surface area contributed by atoms with Gasteiger partial charge in [-0.3, -0.25) is 4.79 Å². The lowest BCUT2D eigenvalue weighted by molar-refractivity contribution is -0.136. The van der Waals surface area contributed by atoms with Crippen molar-refractivity contribution in [2.75, 3.05) is 37.9 Å². The van der Waals surface area contributed by atoms with Crippen molar-refractivity contribution in [3.63, 3.8) is 0 Å². The molecule has 34 heavy (non-hydrogen) atoms. The highest BCUT2D eigenvalue weighted by molar-refractivity contribution is 5.90. The number of likely N-dealkylation sites (tertiary alicyclic amines) is 1. The van der Waals surface area contributed by atoms with Crippen LogP contribution in [-0.4, -0.2) is 47.6 Å². The van der Waals surface area contributed by atoms with Crippen LogP contribution in [0.15, 0.2) is 30.3 Å². The van der Waals surface area contributed by atoms with E-state index in [0.29, 0.717) is 5.92 Å². The number of methoxy groups -OCH3 is 1. The van der Waals surface area contributed by atoms with Crippen LogP contribution in [0.4, 0.5) is 11.5 Å². The van der Waals surface area contributed by atoms with Gasteiger partial charge in [-0.15, -0.1) is 0 Å². The molecule has 0 unspecified atom stereocenters. The standard InChI is InChI=1S/C27H35N5O2/c1-16-10-21(13-22(28)11-16)18(3)29-27-24-14-23(17(2)12-25(24)30-19(4)31-27)20-6-8-32(9-7-20)26(33)15-34-5/h10-14,18,20H,6-9,15,28H2,1-5H3,(H,29,30,31)/t18-/m1/s1. The number of carbonyl (C=O) groups is 1. The Morgan fingerprint density at radius 1 is 1.15 bits per heavy atom. The summed E-state index contributed by atoms with van der Waals surface area (Å²) in [5, 5.41) is 4.63. The molecular formula is C27H35N5O2. The van der Waals surface area contributed by atoms with Crippen LogP contribution in [0.25, 0.3) is 10.9 Å². The average molecular weight is 462 g/mol. The van der Waals surface area contributed by atoms with E-state index < -0.39 is 0 Å². The number of nitrogen functional groups attached to an aromatic ring is 1. The molecule has 0 radical (unpaired) electrons. The van der Waals surface area contributed by atoms with Crippen LogP contribution in [0.5, 0.6) is 0 Å². The van der Waals surface area contributed by atoms with Gasteiger partial charge >= 0.3 is 0 Å². The molecular weight excluding hydrogens is 426 g/mol. The zero-order valence-electron chi connectivity index (χ0n) is 20.8. The predicted octanol–water partition coefficient (Wildman–Crippen LogP) is 4.66. The first kappa shape index (κ1) is 24.0. The highest BCUT2D eigenvalue weighted by Gasteiger charge is 2.25. The number of nitrogens with one attached hydrogen (secondary N) is 1. The van der Waals surface area contributed by atoms with Crippen LogP contribution in [-0.2, 0) is 9.53 Å². The molecule has 1 aliphatic heterocycles. The van der Waals surface area contributed by atoms with Crippen molar-refractivity contribution in [1.82, 2.24) is 14.9 Å². The predicted molar refractivity (Wildman–Crippen MR) is 137 cm³/mol. The number of hydrogen-bond donors (Lipinski definition) is 2. The first-order valence-corrected chi connectivity index (χ1v) is 11.9. The zero-order valence-corrected chi connectivity index (χ0v) is 20.8.